The van der Waals surface area contributed by atoms with E-state index in [1.165, 1.54) is 6.21 Å². The quantitative estimate of drug-likeness (QED) is 0.152. The Morgan fingerprint density at radius 2 is 2.06 bits per heavy atom. The zero-order chi connectivity index (χ0) is 25.4. The number of fused-ring (bicyclic) bond motifs is 1. The summed E-state index contributed by atoms with van der Waals surface area (Å²) >= 11 is 0. The van der Waals surface area contributed by atoms with E-state index in [1.54, 1.807) is 18.5 Å². The molecule has 10 nitrogen and oxygen atoms in total. The highest BCUT2D eigenvalue weighted by Gasteiger charge is 2.30. The van der Waals surface area contributed by atoms with E-state index in [-0.39, 0.29) is 17.7 Å². The van der Waals surface area contributed by atoms with Crippen molar-refractivity contribution in [3.63, 3.8) is 0 Å². The number of nitrogens with one attached hydrogen (secondary N) is 3. The number of pyridine rings is 2. The Hall–Kier alpha value is -3.92. The lowest BCUT2D eigenvalue weighted by Crippen LogP contribution is -2.52. The van der Waals surface area contributed by atoms with E-state index < -0.39 is 0 Å². The van der Waals surface area contributed by atoms with Gasteiger partial charge in [-0.2, -0.15) is 0 Å². The fourth-order valence-corrected chi connectivity index (χ4v) is 3.73. The van der Waals surface area contributed by atoms with E-state index in [1.807, 2.05) is 38.2 Å². The van der Waals surface area contributed by atoms with E-state index >= 15 is 0 Å². The molecule has 0 atom stereocenters. The fraction of sp³-hybridized carbons (Fsp3) is 0.360. The normalized spacial score (nSPS) is 15.8. The molecular weight excluding hydrogens is 442 g/mol. The summed E-state index contributed by atoms with van der Waals surface area (Å²) in [6.45, 7) is 7.23. The van der Waals surface area contributed by atoms with Crippen LogP contribution < -0.4 is 27.8 Å². The maximum Gasteiger partial charge on any atom is 0.223 e. The summed E-state index contributed by atoms with van der Waals surface area (Å²) < 4.78 is 0. The van der Waals surface area contributed by atoms with Crippen molar-refractivity contribution >= 4 is 34.5 Å². The van der Waals surface area contributed by atoms with Crippen LogP contribution in [0.3, 0.4) is 0 Å². The molecule has 186 valence electrons. The van der Waals surface area contributed by atoms with Crippen molar-refractivity contribution in [2.45, 2.75) is 20.3 Å². The summed E-state index contributed by atoms with van der Waals surface area (Å²) in [4.78, 5) is 22.4. The number of likely N-dealkylation sites (tertiary alicyclic amines) is 1. The third-order valence-corrected chi connectivity index (χ3v) is 5.89. The van der Waals surface area contributed by atoms with Gasteiger partial charge in [-0.25, -0.2) is 4.98 Å². The van der Waals surface area contributed by atoms with Gasteiger partial charge in [0.1, 0.15) is 11.6 Å². The smallest absolute Gasteiger partial charge is 0.223 e. The third-order valence-electron chi connectivity index (χ3n) is 5.89. The molecular formula is C25H35N9O. The molecule has 1 amide bonds. The fourth-order valence-electron chi connectivity index (χ4n) is 3.73. The number of primary amides is 1. The highest BCUT2D eigenvalue weighted by molar-refractivity contribution is 6.08. The van der Waals surface area contributed by atoms with Crippen LogP contribution in [0.5, 0.6) is 0 Å². The van der Waals surface area contributed by atoms with E-state index in [4.69, 9.17) is 22.6 Å². The maximum atomic E-state index is 11.1. The molecule has 10 heteroatoms. The monoisotopic (exact) mass is 477 g/mol. The largest absolute Gasteiger partial charge is 0.404 e. The number of nitrogens with zero attached hydrogens (tertiary/aromatic N) is 3. The SMILES string of the molecule is CC(C)C(=C/N)/C=C(\N)Nc1ccc2ncc(/C(C=N)=C/NCCCN3CC(C(N)=O)C3)cc2n1. The van der Waals surface area contributed by atoms with Gasteiger partial charge >= 0.3 is 0 Å². The number of aromatic nitrogens is 2. The molecule has 3 heterocycles. The van der Waals surface area contributed by atoms with Crippen molar-refractivity contribution in [1.82, 2.24) is 20.2 Å². The summed E-state index contributed by atoms with van der Waals surface area (Å²) in [7, 11) is 0. The molecule has 0 saturated carbocycles. The number of hydrogen-bond donors (Lipinski definition) is 6. The number of nitrogens with two attached hydrogens (primary N) is 3. The third kappa shape index (κ3) is 7.03. The molecule has 2 aromatic rings. The van der Waals surface area contributed by atoms with Crippen LogP contribution in [-0.2, 0) is 4.79 Å². The van der Waals surface area contributed by atoms with E-state index in [0.717, 1.165) is 49.3 Å². The van der Waals surface area contributed by atoms with Crippen LogP contribution in [0.15, 0.2) is 54.3 Å². The van der Waals surface area contributed by atoms with Gasteiger partial charge in [0.15, 0.2) is 0 Å². The minimum absolute atomic E-state index is 0.00940. The van der Waals surface area contributed by atoms with Gasteiger partial charge < -0.3 is 38.1 Å². The number of hydrogen-bond acceptors (Lipinski definition) is 9. The summed E-state index contributed by atoms with van der Waals surface area (Å²) in [5, 5.41) is 14.2. The number of carbonyl (C=O) groups excluding carboxylic acids is 1. The van der Waals surface area contributed by atoms with Crippen molar-refractivity contribution in [3.8, 4) is 0 Å². The second kappa shape index (κ2) is 12.0. The van der Waals surface area contributed by atoms with Gasteiger partial charge in [-0.3, -0.25) is 9.78 Å². The molecule has 0 spiro atoms. The number of carbonyl (C=O) groups is 1. The predicted octanol–water partition coefficient (Wildman–Crippen LogP) is 1.73. The van der Waals surface area contributed by atoms with Crippen LogP contribution in [0, 0.1) is 17.2 Å². The van der Waals surface area contributed by atoms with E-state index in [0.29, 0.717) is 22.7 Å². The Bertz CT molecular complexity index is 1150. The first-order valence-electron chi connectivity index (χ1n) is 11.7. The molecule has 2 aromatic heterocycles. The van der Waals surface area contributed by atoms with Crippen molar-refractivity contribution in [1.29, 1.82) is 5.41 Å². The van der Waals surface area contributed by atoms with Crippen LogP contribution in [-0.4, -0.2) is 53.2 Å². The lowest BCUT2D eigenvalue weighted by Gasteiger charge is -2.37. The van der Waals surface area contributed by atoms with Gasteiger partial charge in [0, 0.05) is 49.4 Å². The minimum atomic E-state index is -0.219. The first kappa shape index (κ1) is 25.7. The maximum absolute atomic E-state index is 11.1. The van der Waals surface area contributed by atoms with E-state index in [2.05, 4.69) is 25.5 Å². The standard InChI is InChI=1S/C25H35N9O/c1-16(2)17(10-26)9-23(28)33-24-5-4-21-22(32-24)8-18(13-31-21)19(11-27)12-30-6-3-7-34-14-20(15-34)25(29)35/h4-5,8-13,16,20,27,30H,3,6-7,14-15,26,28H2,1-2H3,(H2,29,35)(H,32,33)/b17-10+,19-12+,23-9+,27-11?. The first-order valence-corrected chi connectivity index (χ1v) is 11.7. The van der Waals surface area contributed by atoms with Gasteiger partial charge in [-0.1, -0.05) is 13.8 Å². The summed E-state index contributed by atoms with van der Waals surface area (Å²) in [6, 6.07) is 5.58. The van der Waals surface area contributed by atoms with Gasteiger partial charge in [0.25, 0.3) is 0 Å². The lowest BCUT2D eigenvalue weighted by atomic mass is 9.99. The van der Waals surface area contributed by atoms with E-state index in [9.17, 15) is 4.79 Å². The van der Waals surface area contributed by atoms with Crippen molar-refractivity contribution < 1.29 is 4.79 Å². The lowest BCUT2D eigenvalue weighted by molar-refractivity contribution is -0.126. The van der Waals surface area contributed by atoms with Crippen LogP contribution in [0.4, 0.5) is 5.82 Å². The van der Waals surface area contributed by atoms with Gasteiger partial charge in [0.05, 0.1) is 17.0 Å². The number of amides is 1. The van der Waals surface area contributed by atoms with Crippen LogP contribution in [0.25, 0.3) is 16.6 Å². The summed E-state index contributed by atoms with van der Waals surface area (Å²) in [5.41, 5.74) is 20.9. The Labute approximate surface area is 205 Å². The molecule has 3 rings (SSSR count). The minimum Gasteiger partial charge on any atom is -0.404 e. The molecule has 35 heavy (non-hydrogen) atoms. The zero-order valence-electron chi connectivity index (χ0n) is 20.3. The molecule has 0 radical (unpaired) electrons. The first-order chi connectivity index (χ1) is 16.8. The van der Waals surface area contributed by atoms with Crippen molar-refractivity contribution in [2.75, 3.05) is 31.5 Å². The molecule has 0 bridgehead atoms. The Morgan fingerprint density at radius 3 is 2.71 bits per heavy atom. The second-order valence-electron chi connectivity index (χ2n) is 8.92. The van der Waals surface area contributed by atoms with Gasteiger partial charge in [0.2, 0.25) is 5.91 Å². The number of anilines is 1. The highest BCUT2D eigenvalue weighted by atomic mass is 16.1. The Morgan fingerprint density at radius 1 is 1.29 bits per heavy atom. The molecule has 9 N–H and O–H groups in total. The van der Waals surface area contributed by atoms with Crippen molar-refractivity contribution in [3.05, 3.63) is 59.8 Å². The molecule has 0 aromatic carbocycles. The number of rotatable bonds is 12. The van der Waals surface area contributed by atoms with Crippen molar-refractivity contribution in [2.24, 2.45) is 29.0 Å². The molecule has 0 unspecified atom stereocenters. The molecule has 0 aliphatic carbocycles. The average molecular weight is 478 g/mol. The van der Waals surface area contributed by atoms with Gasteiger partial charge in [-0.05, 0) is 54.9 Å². The average Bonchev–Trinajstić information content (AvgIpc) is 2.80. The van der Waals surface area contributed by atoms with Crippen LogP contribution in [0.2, 0.25) is 0 Å². The molecule has 1 saturated heterocycles. The Kier molecular flexibility index (Phi) is 8.80. The highest BCUT2D eigenvalue weighted by Crippen LogP contribution is 2.20. The van der Waals surface area contributed by atoms with Crippen LogP contribution in [0.1, 0.15) is 25.8 Å². The molecule has 1 aliphatic heterocycles. The molecule has 1 aliphatic rings. The number of allylic oxidation sites excluding steroid dienone is 3. The summed E-state index contributed by atoms with van der Waals surface area (Å²) in [5.74, 6) is 1.06. The van der Waals surface area contributed by atoms with Crippen LogP contribution >= 0.6 is 0 Å². The van der Waals surface area contributed by atoms with Gasteiger partial charge in [-0.15, -0.1) is 0 Å². The second-order valence-corrected chi connectivity index (χ2v) is 8.92. The predicted molar refractivity (Wildman–Crippen MR) is 141 cm³/mol. The molecule has 1 fully saturated rings. The Balaban J connectivity index is 1.61. The summed E-state index contributed by atoms with van der Waals surface area (Å²) in [6.07, 6.45) is 9.10. The zero-order valence-corrected chi connectivity index (χ0v) is 20.3. The topological polar surface area (TPSA) is 172 Å².